The number of anilines is 2. The Kier molecular flexibility index (Phi) is 4.18. The number of Topliss-reactive ketones (excluding diaryl/α,β-unsaturated/α-hetero) is 1. The van der Waals surface area contributed by atoms with Crippen LogP contribution in [-0.2, 0) is 6.42 Å². The first-order valence-corrected chi connectivity index (χ1v) is 6.29. The highest BCUT2D eigenvalue weighted by Crippen LogP contribution is 2.18. The molecule has 5 heteroatoms. The smallest absolute Gasteiger partial charge is 0.161 e. The van der Waals surface area contributed by atoms with Crippen molar-refractivity contribution in [3.8, 4) is 0 Å². The molecule has 4 N–H and O–H groups in total. The summed E-state index contributed by atoms with van der Waals surface area (Å²) in [6.45, 7) is 2.34. The van der Waals surface area contributed by atoms with Crippen molar-refractivity contribution in [1.29, 1.82) is 0 Å². The fourth-order valence-corrected chi connectivity index (χ4v) is 1.89. The van der Waals surface area contributed by atoms with Gasteiger partial charge in [0.05, 0.1) is 0 Å². The van der Waals surface area contributed by atoms with E-state index in [1.807, 2.05) is 12.3 Å². The van der Waals surface area contributed by atoms with Crippen molar-refractivity contribution < 1.29 is 4.79 Å². The standard InChI is InChI=1S/C14H18N4O/c1-10(19)12-9-11(4-5-13(12)15)16-6-2-3-14-17-7-8-18-14/h4-5,7-9,16H,2-3,6,15H2,1H3,(H,17,18). The number of imidazole rings is 1. The Hall–Kier alpha value is -2.30. The minimum atomic E-state index is -0.0169. The van der Waals surface area contributed by atoms with Gasteiger partial charge in [-0.3, -0.25) is 4.79 Å². The number of nitrogens with two attached hydrogens (primary N) is 1. The maximum atomic E-state index is 11.4. The lowest BCUT2D eigenvalue weighted by Gasteiger charge is -2.08. The van der Waals surface area contributed by atoms with E-state index in [4.69, 9.17) is 5.73 Å². The number of benzene rings is 1. The number of hydrogen-bond donors (Lipinski definition) is 3. The molecule has 0 unspecified atom stereocenters. The second-order valence-corrected chi connectivity index (χ2v) is 4.42. The normalized spacial score (nSPS) is 10.4. The molecule has 0 amide bonds. The summed E-state index contributed by atoms with van der Waals surface area (Å²) in [6.07, 6.45) is 5.44. The third-order valence-electron chi connectivity index (χ3n) is 2.91. The Bertz CT molecular complexity index is 549. The van der Waals surface area contributed by atoms with E-state index in [-0.39, 0.29) is 5.78 Å². The molecular weight excluding hydrogens is 240 g/mol. The van der Waals surface area contributed by atoms with E-state index in [0.717, 1.165) is 30.9 Å². The quantitative estimate of drug-likeness (QED) is 0.421. The number of aromatic amines is 1. The molecule has 1 aromatic carbocycles. The Morgan fingerprint density at radius 2 is 2.32 bits per heavy atom. The van der Waals surface area contributed by atoms with Crippen LogP contribution in [0.15, 0.2) is 30.6 Å². The average Bonchev–Trinajstić information content (AvgIpc) is 2.89. The molecule has 0 fully saturated rings. The van der Waals surface area contributed by atoms with Crippen molar-refractivity contribution in [3.63, 3.8) is 0 Å². The summed E-state index contributed by atoms with van der Waals surface area (Å²) in [7, 11) is 0. The van der Waals surface area contributed by atoms with Crippen LogP contribution in [0.25, 0.3) is 0 Å². The first-order valence-electron chi connectivity index (χ1n) is 6.29. The molecule has 0 atom stereocenters. The summed E-state index contributed by atoms with van der Waals surface area (Å²) in [5, 5.41) is 3.28. The zero-order chi connectivity index (χ0) is 13.7. The van der Waals surface area contributed by atoms with Crippen LogP contribution in [0.1, 0.15) is 29.5 Å². The van der Waals surface area contributed by atoms with Crippen LogP contribution in [0.3, 0.4) is 0 Å². The number of aromatic nitrogens is 2. The Labute approximate surface area is 112 Å². The van der Waals surface area contributed by atoms with E-state index < -0.39 is 0 Å². The van der Waals surface area contributed by atoms with Gasteiger partial charge >= 0.3 is 0 Å². The molecule has 0 aliphatic rings. The number of rotatable bonds is 6. The Morgan fingerprint density at radius 1 is 1.47 bits per heavy atom. The van der Waals surface area contributed by atoms with Crippen LogP contribution in [0.2, 0.25) is 0 Å². The zero-order valence-electron chi connectivity index (χ0n) is 10.9. The van der Waals surface area contributed by atoms with Gasteiger partial charge in [-0.2, -0.15) is 0 Å². The first kappa shape index (κ1) is 13.1. The number of hydrogen-bond acceptors (Lipinski definition) is 4. The minimum absolute atomic E-state index is 0.0169. The van der Waals surface area contributed by atoms with Crippen LogP contribution in [0.5, 0.6) is 0 Å². The SMILES string of the molecule is CC(=O)c1cc(NCCCc2ncc[nH]2)ccc1N. The van der Waals surface area contributed by atoms with E-state index in [2.05, 4.69) is 15.3 Å². The molecule has 1 heterocycles. The third kappa shape index (κ3) is 3.58. The molecule has 0 aliphatic heterocycles. The summed E-state index contributed by atoms with van der Waals surface area (Å²) in [5.41, 5.74) is 7.75. The minimum Gasteiger partial charge on any atom is -0.398 e. The molecule has 5 nitrogen and oxygen atoms in total. The van der Waals surface area contributed by atoms with Crippen molar-refractivity contribution in [2.45, 2.75) is 19.8 Å². The number of ketones is 1. The van der Waals surface area contributed by atoms with Gasteiger partial charge in [0.25, 0.3) is 0 Å². The third-order valence-corrected chi connectivity index (χ3v) is 2.91. The van der Waals surface area contributed by atoms with Crippen molar-refractivity contribution in [2.24, 2.45) is 0 Å². The number of H-pyrrole nitrogens is 1. The highest BCUT2D eigenvalue weighted by atomic mass is 16.1. The molecule has 2 rings (SSSR count). The molecular formula is C14H18N4O. The number of nitrogen functional groups attached to an aromatic ring is 1. The molecule has 0 spiro atoms. The van der Waals surface area contributed by atoms with Gasteiger partial charge < -0.3 is 16.0 Å². The molecule has 0 aliphatic carbocycles. The monoisotopic (exact) mass is 258 g/mol. The molecule has 0 saturated carbocycles. The summed E-state index contributed by atoms with van der Waals surface area (Å²) in [4.78, 5) is 18.6. The van der Waals surface area contributed by atoms with E-state index in [9.17, 15) is 4.79 Å². The van der Waals surface area contributed by atoms with E-state index in [0.29, 0.717) is 11.3 Å². The van der Waals surface area contributed by atoms with Gasteiger partial charge in [-0.15, -0.1) is 0 Å². The maximum absolute atomic E-state index is 11.4. The molecule has 1 aromatic heterocycles. The van der Waals surface area contributed by atoms with Crippen molar-refractivity contribution in [1.82, 2.24) is 9.97 Å². The fourth-order valence-electron chi connectivity index (χ4n) is 1.89. The van der Waals surface area contributed by atoms with Gasteiger partial charge in [-0.25, -0.2) is 4.98 Å². The molecule has 2 aromatic rings. The van der Waals surface area contributed by atoms with Gasteiger partial charge in [-0.05, 0) is 31.5 Å². The van der Waals surface area contributed by atoms with Gasteiger partial charge in [0, 0.05) is 42.3 Å². The van der Waals surface area contributed by atoms with Gasteiger partial charge in [0.15, 0.2) is 5.78 Å². The number of nitrogens with one attached hydrogen (secondary N) is 2. The highest BCUT2D eigenvalue weighted by molar-refractivity contribution is 5.99. The van der Waals surface area contributed by atoms with E-state index >= 15 is 0 Å². The molecule has 0 bridgehead atoms. The summed E-state index contributed by atoms with van der Waals surface area (Å²) in [6, 6.07) is 5.44. The average molecular weight is 258 g/mol. The number of aryl methyl sites for hydroxylation is 1. The Morgan fingerprint density at radius 3 is 3.00 bits per heavy atom. The van der Waals surface area contributed by atoms with E-state index in [1.54, 1.807) is 18.3 Å². The van der Waals surface area contributed by atoms with Crippen LogP contribution in [0, 0.1) is 0 Å². The number of carbonyl (C=O) groups excluding carboxylic acids is 1. The van der Waals surface area contributed by atoms with E-state index in [1.165, 1.54) is 6.92 Å². The predicted molar refractivity (Wildman–Crippen MR) is 76.3 cm³/mol. The maximum Gasteiger partial charge on any atom is 0.161 e. The van der Waals surface area contributed by atoms with Crippen molar-refractivity contribution in [3.05, 3.63) is 42.0 Å². The molecule has 100 valence electrons. The lowest BCUT2D eigenvalue weighted by molar-refractivity contribution is 0.101. The molecule has 0 radical (unpaired) electrons. The van der Waals surface area contributed by atoms with Crippen molar-refractivity contribution >= 4 is 17.2 Å². The summed E-state index contributed by atoms with van der Waals surface area (Å²) in [5.74, 6) is 0.972. The van der Waals surface area contributed by atoms with Gasteiger partial charge in [0.2, 0.25) is 0 Å². The molecule has 19 heavy (non-hydrogen) atoms. The van der Waals surface area contributed by atoms with Crippen LogP contribution < -0.4 is 11.1 Å². The highest BCUT2D eigenvalue weighted by Gasteiger charge is 2.05. The predicted octanol–water partition coefficient (Wildman–Crippen LogP) is 2.24. The lowest BCUT2D eigenvalue weighted by atomic mass is 10.1. The van der Waals surface area contributed by atoms with Crippen LogP contribution >= 0.6 is 0 Å². The van der Waals surface area contributed by atoms with Crippen LogP contribution in [0.4, 0.5) is 11.4 Å². The van der Waals surface area contributed by atoms with Gasteiger partial charge in [-0.1, -0.05) is 0 Å². The second kappa shape index (κ2) is 6.04. The zero-order valence-corrected chi connectivity index (χ0v) is 10.9. The Balaban J connectivity index is 1.86. The number of carbonyl (C=O) groups is 1. The topological polar surface area (TPSA) is 83.8 Å². The molecule has 0 saturated heterocycles. The van der Waals surface area contributed by atoms with Gasteiger partial charge in [0.1, 0.15) is 5.82 Å². The largest absolute Gasteiger partial charge is 0.398 e. The fraction of sp³-hybridized carbons (Fsp3) is 0.286. The second-order valence-electron chi connectivity index (χ2n) is 4.42. The summed E-state index contributed by atoms with van der Waals surface area (Å²) < 4.78 is 0. The first-order chi connectivity index (χ1) is 9.16. The lowest BCUT2D eigenvalue weighted by Crippen LogP contribution is -2.06. The van der Waals surface area contributed by atoms with Crippen LogP contribution in [-0.4, -0.2) is 22.3 Å². The summed E-state index contributed by atoms with van der Waals surface area (Å²) >= 11 is 0. The van der Waals surface area contributed by atoms with Crippen molar-refractivity contribution in [2.75, 3.05) is 17.6 Å². The number of nitrogens with zero attached hydrogens (tertiary/aromatic N) is 1.